The number of likely N-dealkylation sites (tertiary alicyclic amines) is 2. The van der Waals surface area contributed by atoms with Gasteiger partial charge in [0.2, 0.25) is 11.8 Å². The molecule has 0 radical (unpaired) electrons. The van der Waals surface area contributed by atoms with Crippen molar-refractivity contribution >= 4 is 17.7 Å². The Kier molecular flexibility index (Phi) is 5.91. The molecule has 2 aliphatic heterocycles. The highest BCUT2D eigenvalue weighted by molar-refractivity contribution is 5.99. The Balaban J connectivity index is 1.65. The lowest BCUT2D eigenvalue weighted by Gasteiger charge is -2.26. The van der Waals surface area contributed by atoms with Crippen molar-refractivity contribution < 1.29 is 14.4 Å². The fraction of sp³-hybridized carbons (Fsp3) is 0.550. The fourth-order valence-electron chi connectivity index (χ4n) is 3.69. The van der Waals surface area contributed by atoms with Crippen molar-refractivity contribution in [1.29, 1.82) is 0 Å². The SMILES string of the molecule is Cc1ccccc1C(=O)N[C@H]1CCCCN(CC(=O)N2CCCC2)C1=O. The Morgan fingerprint density at radius 1 is 1.08 bits per heavy atom. The largest absolute Gasteiger partial charge is 0.341 e. The number of benzene rings is 1. The van der Waals surface area contributed by atoms with Crippen LogP contribution in [-0.2, 0) is 9.59 Å². The van der Waals surface area contributed by atoms with E-state index in [0.29, 0.717) is 18.5 Å². The highest BCUT2D eigenvalue weighted by Crippen LogP contribution is 2.15. The van der Waals surface area contributed by atoms with E-state index in [0.717, 1.165) is 44.3 Å². The molecular formula is C20H27N3O3. The van der Waals surface area contributed by atoms with E-state index in [2.05, 4.69) is 5.32 Å². The number of aryl methyl sites for hydroxylation is 1. The van der Waals surface area contributed by atoms with E-state index in [4.69, 9.17) is 0 Å². The molecule has 0 unspecified atom stereocenters. The molecule has 6 heteroatoms. The van der Waals surface area contributed by atoms with Gasteiger partial charge >= 0.3 is 0 Å². The van der Waals surface area contributed by atoms with Crippen LogP contribution in [-0.4, -0.2) is 59.7 Å². The lowest BCUT2D eigenvalue weighted by atomic mass is 10.1. The summed E-state index contributed by atoms with van der Waals surface area (Å²) in [6, 6.07) is 6.79. The summed E-state index contributed by atoms with van der Waals surface area (Å²) in [4.78, 5) is 41.3. The molecule has 1 atom stereocenters. The maximum atomic E-state index is 12.9. The molecule has 140 valence electrons. The van der Waals surface area contributed by atoms with Gasteiger partial charge in [0.05, 0.1) is 6.54 Å². The van der Waals surface area contributed by atoms with Crippen molar-refractivity contribution in [2.45, 2.75) is 45.1 Å². The monoisotopic (exact) mass is 357 g/mol. The van der Waals surface area contributed by atoms with E-state index < -0.39 is 6.04 Å². The van der Waals surface area contributed by atoms with Crippen LogP contribution in [0.15, 0.2) is 24.3 Å². The van der Waals surface area contributed by atoms with Crippen molar-refractivity contribution in [3.05, 3.63) is 35.4 Å². The molecule has 2 aliphatic rings. The first kappa shape index (κ1) is 18.4. The second kappa shape index (κ2) is 8.34. The zero-order chi connectivity index (χ0) is 18.5. The summed E-state index contributed by atoms with van der Waals surface area (Å²) in [6.45, 7) is 4.15. The quantitative estimate of drug-likeness (QED) is 0.892. The third-order valence-electron chi connectivity index (χ3n) is 5.26. The maximum absolute atomic E-state index is 12.9. The molecule has 1 N–H and O–H groups in total. The molecule has 0 saturated carbocycles. The highest BCUT2D eigenvalue weighted by Gasteiger charge is 2.31. The van der Waals surface area contributed by atoms with E-state index in [1.54, 1.807) is 11.0 Å². The van der Waals surface area contributed by atoms with Crippen LogP contribution in [0.4, 0.5) is 0 Å². The van der Waals surface area contributed by atoms with Crippen molar-refractivity contribution in [3.8, 4) is 0 Å². The first-order valence-electron chi connectivity index (χ1n) is 9.49. The average molecular weight is 357 g/mol. The lowest BCUT2D eigenvalue weighted by molar-refractivity contribution is -0.140. The smallest absolute Gasteiger partial charge is 0.252 e. The molecule has 6 nitrogen and oxygen atoms in total. The van der Waals surface area contributed by atoms with Gasteiger partial charge in [-0.1, -0.05) is 18.2 Å². The molecule has 2 saturated heterocycles. The number of carbonyl (C=O) groups is 3. The zero-order valence-electron chi connectivity index (χ0n) is 15.4. The third-order valence-corrected chi connectivity index (χ3v) is 5.26. The van der Waals surface area contributed by atoms with Gasteiger partial charge in [0, 0.05) is 25.2 Å². The summed E-state index contributed by atoms with van der Waals surface area (Å²) in [5.41, 5.74) is 1.47. The Morgan fingerprint density at radius 2 is 1.77 bits per heavy atom. The Hall–Kier alpha value is -2.37. The summed E-state index contributed by atoms with van der Waals surface area (Å²) < 4.78 is 0. The van der Waals surface area contributed by atoms with Gasteiger partial charge in [0.1, 0.15) is 6.04 Å². The van der Waals surface area contributed by atoms with Crippen molar-refractivity contribution in [2.24, 2.45) is 0 Å². The number of nitrogens with one attached hydrogen (secondary N) is 1. The Bertz CT molecular complexity index is 683. The van der Waals surface area contributed by atoms with Gasteiger partial charge in [0.25, 0.3) is 5.91 Å². The summed E-state index contributed by atoms with van der Waals surface area (Å²) >= 11 is 0. The highest BCUT2D eigenvalue weighted by atomic mass is 16.2. The van der Waals surface area contributed by atoms with Crippen molar-refractivity contribution in [2.75, 3.05) is 26.2 Å². The number of nitrogens with zero attached hydrogens (tertiary/aromatic N) is 2. The molecular weight excluding hydrogens is 330 g/mol. The Morgan fingerprint density at radius 3 is 2.50 bits per heavy atom. The van der Waals surface area contributed by atoms with Crippen LogP contribution in [0.5, 0.6) is 0 Å². The van der Waals surface area contributed by atoms with E-state index in [9.17, 15) is 14.4 Å². The molecule has 1 aromatic rings. The molecule has 0 spiro atoms. The number of hydrogen-bond donors (Lipinski definition) is 1. The predicted molar refractivity (Wildman–Crippen MR) is 98.7 cm³/mol. The molecule has 26 heavy (non-hydrogen) atoms. The van der Waals surface area contributed by atoms with Gasteiger partial charge < -0.3 is 15.1 Å². The first-order valence-corrected chi connectivity index (χ1v) is 9.49. The predicted octanol–water partition coefficient (Wildman–Crippen LogP) is 1.73. The molecule has 2 heterocycles. The maximum Gasteiger partial charge on any atom is 0.252 e. The van der Waals surface area contributed by atoms with Gasteiger partial charge in [-0.05, 0) is 50.7 Å². The Labute approximate surface area is 154 Å². The molecule has 2 fully saturated rings. The van der Waals surface area contributed by atoms with E-state index in [-0.39, 0.29) is 24.3 Å². The minimum absolute atomic E-state index is 0.0155. The minimum atomic E-state index is -0.559. The molecule has 0 bridgehead atoms. The number of rotatable bonds is 4. The van der Waals surface area contributed by atoms with Gasteiger partial charge in [-0.2, -0.15) is 0 Å². The van der Waals surface area contributed by atoms with Gasteiger partial charge in [0.15, 0.2) is 0 Å². The van der Waals surface area contributed by atoms with Crippen molar-refractivity contribution in [1.82, 2.24) is 15.1 Å². The van der Waals surface area contributed by atoms with Crippen LogP contribution >= 0.6 is 0 Å². The normalized spacial score (nSPS) is 20.8. The fourth-order valence-corrected chi connectivity index (χ4v) is 3.69. The molecule has 0 aliphatic carbocycles. The molecule has 0 aromatic heterocycles. The molecule has 3 rings (SSSR count). The first-order chi connectivity index (χ1) is 12.6. The van der Waals surface area contributed by atoms with Crippen LogP contribution in [0.2, 0.25) is 0 Å². The van der Waals surface area contributed by atoms with E-state index >= 15 is 0 Å². The van der Waals surface area contributed by atoms with Gasteiger partial charge in [-0.25, -0.2) is 0 Å². The van der Waals surface area contributed by atoms with Crippen molar-refractivity contribution in [3.63, 3.8) is 0 Å². The summed E-state index contributed by atoms with van der Waals surface area (Å²) in [5.74, 6) is -0.354. The second-order valence-corrected chi connectivity index (χ2v) is 7.18. The summed E-state index contributed by atoms with van der Waals surface area (Å²) in [5, 5.41) is 2.88. The van der Waals surface area contributed by atoms with Gasteiger partial charge in [-0.15, -0.1) is 0 Å². The standard InChI is InChI=1S/C20H27N3O3/c1-15-8-2-3-9-16(15)19(25)21-17-10-4-5-13-23(20(17)26)14-18(24)22-11-6-7-12-22/h2-3,8-9,17H,4-7,10-14H2,1H3,(H,21,25)/t17-/m0/s1. The molecule has 3 amide bonds. The molecule has 1 aromatic carbocycles. The topological polar surface area (TPSA) is 69.7 Å². The number of amides is 3. The van der Waals surface area contributed by atoms with Crippen LogP contribution < -0.4 is 5.32 Å². The van der Waals surface area contributed by atoms with Crippen LogP contribution in [0.1, 0.15) is 48.0 Å². The minimum Gasteiger partial charge on any atom is -0.341 e. The number of hydrogen-bond acceptors (Lipinski definition) is 3. The zero-order valence-corrected chi connectivity index (χ0v) is 15.4. The van der Waals surface area contributed by atoms with Crippen LogP contribution in [0.3, 0.4) is 0 Å². The third kappa shape index (κ3) is 4.23. The summed E-state index contributed by atoms with van der Waals surface area (Å²) in [7, 11) is 0. The van der Waals surface area contributed by atoms with E-state index in [1.165, 1.54) is 0 Å². The summed E-state index contributed by atoms with van der Waals surface area (Å²) in [6.07, 6.45) is 4.41. The van der Waals surface area contributed by atoms with Crippen LogP contribution in [0.25, 0.3) is 0 Å². The number of carbonyl (C=O) groups excluding carboxylic acids is 3. The van der Waals surface area contributed by atoms with Gasteiger partial charge in [-0.3, -0.25) is 14.4 Å². The van der Waals surface area contributed by atoms with E-state index in [1.807, 2.05) is 30.0 Å². The lowest BCUT2D eigenvalue weighted by Crippen LogP contribution is -2.50. The van der Waals surface area contributed by atoms with Crippen LogP contribution in [0, 0.1) is 6.92 Å². The second-order valence-electron chi connectivity index (χ2n) is 7.18. The average Bonchev–Trinajstić information content (AvgIpc) is 3.12.